The first kappa shape index (κ1) is 20.8. The second kappa shape index (κ2) is 8.34. The molecule has 2 N–H and O–H groups in total. The maximum atomic E-state index is 13.1. The number of hydrogen-bond acceptors (Lipinski definition) is 6. The molecule has 0 bridgehead atoms. The Labute approximate surface area is 180 Å². The predicted molar refractivity (Wildman–Crippen MR) is 114 cm³/mol. The second-order valence-electron chi connectivity index (χ2n) is 7.81. The van der Waals surface area contributed by atoms with Crippen LogP contribution >= 0.6 is 0 Å². The summed E-state index contributed by atoms with van der Waals surface area (Å²) >= 11 is 0. The van der Waals surface area contributed by atoms with Gasteiger partial charge in [-0.05, 0) is 42.7 Å². The Hall–Kier alpha value is -3.48. The van der Waals surface area contributed by atoms with Crippen LogP contribution in [0.25, 0.3) is 5.76 Å². The Morgan fingerprint density at radius 1 is 1.03 bits per heavy atom. The van der Waals surface area contributed by atoms with E-state index in [-0.39, 0.29) is 28.9 Å². The van der Waals surface area contributed by atoms with Gasteiger partial charge < -0.3 is 24.6 Å². The number of carbonyl (C=O) groups excluding carboxylic acids is 2. The van der Waals surface area contributed by atoms with E-state index in [1.165, 1.54) is 20.3 Å². The third kappa shape index (κ3) is 3.60. The van der Waals surface area contributed by atoms with Crippen molar-refractivity contribution in [3.8, 4) is 17.2 Å². The van der Waals surface area contributed by atoms with E-state index in [2.05, 4.69) is 0 Å². The summed E-state index contributed by atoms with van der Waals surface area (Å²) in [5.74, 6) is -0.914. The smallest absolute Gasteiger partial charge is 0.295 e. The number of Topliss-reactive ketones (excluding diaryl/α,β-unsaturated/α-hetero) is 1. The van der Waals surface area contributed by atoms with Crippen LogP contribution in [0.2, 0.25) is 0 Å². The zero-order valence-corrected chi connectivity index (χ0v) is 17.5. The first-order chi connectivity index (χ1) is 15.0. The number of nitrogens with zero attached hydrogens (tertiary/aromatic N) is 1. The Morgan fingerprint density at radius 3 is 2.42 bits per heavy atom. The van der Waals surface area contributed by atoms with Gasteiger partial charge in [0.1, 0.15) is 11.5 Å². The lowest BCUT2D eigenvalue weighted by Gasteiger charge is -2.31. The van der Waals surface area contributed by atoms with Crippen LogP contribution in [0, 0.1) is 0 Å². The number of methoxy groups -OCH3 is 2. The van der Waals surface area contributed by atoms with Crippen LogP contribution in [-0.4, -0.2) is 47.1 Å². The van der Waals surface area contributed by atoms with Crippen LogP contribution in [0.3, 0.4) is 0 Å². The van der Waals surface area contributed by atoms with Crippen molar-refractivity contribution in [3.63, 3.8) is 0 Å². The fourth-order valence-corrected chi connectivity index (χ4v) is 4.54. The molecule has 1 unspecified atom stereocenters. The summed E-state index contributed by atoms with van der Waals surface area (Å²) in [5.41, 5.74) is 0.926. The molecule has 1 aliphatic carbocycles. The molecule has 4 rings (SSSR count). The summed E-state index contributed by atoms with van der Waals surface area (Å²) in [6, 6.07) is 10.6. The fourth-order valence-electron chi connectivity index (χ4n) is 4.54. The van der Waals surface area contributed by atoms with Gasteiger partial charge in [0.05, 0.1) is 25.8 Å². The van der Waals surface area contributed by atoms with E-state index < -0.39 is 17.7 Å². The minimum atomic E-state index is -0.800. The highest BCUT2D eigenvalue weighted by molar-refractivity contribution is 6.46. The lowest BCUT2D eigenvalue weighted by molar-refractivity contribution is -0.141. The highest BCUT2D eigenvalue weighted by Gasteiger charge is 2.49. The molecule has 0 radical (unpaired) electrons. The van der Waals surface area contributed by atoms with Crippen molar-refractivity contribution in [2.75, 3.05) is 14.2 Å². The van der Waals surface area contributed by atoms with Crippen molar-refractivity contribution in [1.82, 2.24) is 4.90 Å². The summed E-state index contributed by atoms with van der Waals surface area (Å²) in [6.45, 7) is 0. The second-order valence-corrected chi connectivity index (χ2v) is 7.81. The molecule has 1 amide bonds. The molecule has 7 nitrogen and oxygen atoms in total. The van der Waals surface area contributed by atoms with Gasteiger partial charge in [-0.3, -0.25) is 9.59 Å². The monoisotopic (exact) mass is 423 g/mol. The zero-order chi connectivity index (χ0) is 22.1. The summed E-state index contributed by atoms with van der Waals surface area (Å²) < 4.78 is 10.4. The normalized spacial score (nSPS) is 21.0. The van der Waals surface area contributed by atoms with Crippen LogP contribution in [0.4, 0.5) is 0 Å². The van der Waals surface area contributed by atoms with Gasteiger partial charge in [-0.2, -0.15) is 0 Å². The molecule has 7 heteroatoms. The molecule has 2 aliphatic rings. The molecular weight excluding hydrogens is 398 g/mol. The summed E-state index contributed by atoms with van der Waals surface area (Å²) in [7, 11) is 2.96. The third-order valence-corrected chi connectivity index (χ3v) is 6.06. The molecular formula is C24H25NO6. The summed E-state index contributed by atoms with van der Waals surface area (Å²) in [4.78, 5) is 27.8. The average Bonchev–Trinajstić information content (AvgIpc) is 3.40. The molecule has 0 spiro atoms. The number of aliphatic hydroxyl groups excluding tert-OH is 1. The molecule has 1 heterocycles. The van der Waals surface area contributed by atoms with Crippen molar-refractivity contribution in [3.05, 3.63) is 59.2 Å². The van der Waals surface area contributed by atoms with E-state index in [1.54, 1.807) is 41.3 Å². The van der Waals surface area contributed by atoms with Crippen LogP contribution < -0.4 is 9.47 Å². The van der Waals surface area contributed by atoms with Gasteiger partial charge in [-0.1, -0.05) is 31.0 Å². The van der Waals surface area contributed by atoms with E-state index in [0.717, 1.165) is 25.7 Å². The Bertz CT molecular complexity index is 1050. The van der Waals surface area contributed by atoms with Gasteiger partial charge in [0.2, 0.25) is 0 Å². The first-order valence-corrected chi connectivity index (χ1v) is 10.3. The van der Waals surface area contributed by atoms with E-state index in [9.17, 15) is 19.8 Å². The van der Waals surface area contributed by atoms with Crippen molar-refractivity contribution < 1.29 is 29.3 Å². The number of ether oxygens (including phenoxy) is 2. The number of amides is 1. The van der Waals surface area contributed by atoms with Crippen LogP contribution in [0.15, 0.2) is 48.0 Å². The lowest BCUT2D eigenvalue weighted by atomic mass is 9.94. The minimum absolute atomic E-state index is 0.00900. The molecule has 162 valence electrons. The SMILES string of the molecule is COc1cccc(/C(O)=C2/C(=O)C(=O)N(C3CCCC3)C2c2ccc(OC)c(O)c2)c1. The average molecular weight is 423 g/mol. The topological polar surface area (TPSA) is 96.3 Å². The maximum absolute atomic E-state index is 13.1. The number of benzene rings is 2. The Balaban J connectivity index is 1.89. The number of phenols is 1. The Kier molecular flexibility index (Phi) is 5.59. The number of ketones is 1. The standard InChI is InChI=1S/C24H25NO6/c1-30-17-9-5-6-15(12-17)22(27)20-21(14-10-11-19(31-2)18(26)13-14)25(24(29)23(20)28)16-7-3-4-8-16/h5-6,9-13,16,21,26-27H,3-4,7-8H2,1-2H3/b22-20-. The number of phenolic OH excluding ortho intramolecular Hbond substituents is 1. The number of hydrogen-bond donors (Lipinski definition) is 2. The predicted octanol–water partition coefficient (Wildman–Crippen LogP) is 3.77. The summed E-state index contributed by atoms with van der Waals surface area (Å²) in [6.07, 6.45) is 3.55. The number of likely N-dealkylation sites (tertiary alicyclic amines) is 1. The van der Waals surface area contributed by atoms with Crippen molar-refractivity contribution in [1.29, 1.82) is 0 Å². The Morgan fingerprint density at radius 2 is 1.77 bits per heavy atom. The van der Waals surface area contributed by atoms with Gasteiger partial charge in [-0.25, -0.2) is 0 Å². The minimum Gasteiger partial charge on any atom is -0.507 e. The molecule has 1 atom stereocenters. The van der Waals surface area contributed by atoms with Gasteiger partial charge >= 0.3 is 0 Å². The molecule has 1 saturated carbocycles. The third-order valence-electron chi connectivity index (χ3n) is 6.06. The largest absolute Gasteiger partial charge is 0.507 e. The first-order valence-electron chi connectivity index (χ1n) is 10.3. The number of carbonyl (C=O) groups is 2. The molecule has 0 aromatic heterocycles. The molecule has 2 aromatic carbocycles. The van der Waals surface area contributed by atoms with Gasteiger partial charge in [-0.15, -0.1) is 0 Å². The van der Waals surface area contributed by atoms with Crippen molar-refractivity contribution in [2.45, 2.75) is 37.8 Å². The van der Waals surface area contributed by atoms with Gasteiger partial charge in [0, 0.05) is 11.6 Å². The van der Waals surface area contributed by atoms with E-state index in [1.807, 2.05) is 0 Å². The number of aromatic hydroxyl groups is 1. The van der Waals surface area contributed by atoms with E-state index >= 15 is 0 Å². The van der Waals surface area contributed by atoms with Crippen molar-refractivity contribution >= 4 is 17.4 Å². The molecule has 1 aliphatic heterocycles. The number of aliphatic hydroxyl groups is 1. The molecule has 1 saturated heterocycles. The number of rotatable bonds is 5. The van der Waals surface area contributed by atoms with Crippen LogP contribution in [0.5, 0.6) is 17.2 Å². The van der Waals surface area contributed by atoms with Gasteiger partial charge in [0.15, 0.2) is 11.5 Å². The van der Waals surface area contributed by atoms with E-state index in [0.29, 0.717) is 16.9 Å². The molecule has 31 heavy (non-hydrogen) atoms. The van der Waals surface area contributed by atoms with Gasteiger partial charge in [0.25, 0.3) is 11.7 Å². The maximum Gasteiger partial charge on any atom is 0.295 e. The van der Waals surface area contributed by atoms with Crippen LogP contribution in [-0.2, 0) is 9.59 Å². The van der Waals surface area contributed by atoms with Crippen LogP contribution in [0.1, 0.15) is 42.9 Å². The summed E-state index contributed by atoms with van der Waals surface area (Å²) in [5, 5.41) is 21.5. The highest BCUT2D eigenvalue weighted by Crippen LogP contribution is 2.45. The zero-order valence-electron chi connectivity index (χ0n) is 17.5. The fraction of sp³-hybridized carbons (Fsp3) is 0.333. The highest BCUT2D eigenvalue weighted by atomic mass is 16.5. The molecule has 2 aromatic rings. The molecule has 2 fully saturated rings. The van der Waals surface area contributed by atoms with Crippen molar-refractivity contribution in [2.24, 2.45) is 0 Å². The quantitative estimate of drug-likeness (QED) is 0.432. The van der Waals surface area contributed by atoms with E-state index in [4.69, 9.17) is 9.47 Å². The lowest BCUT2D eigenvalue weighted by Crippen LogP contribution is -2.37.